The second kappa shape index (κ2) is 5.42. The fourth-order valence-electron chi connectivity index (χ4n) is 2.18. The average molecular weight is 259 g/mol. The Morgan fingerprint density at radius 3 is 3.16 bits per heavy atom. The second-order valence-electron chi connectivity index (χ2n) is 4.48. The molecule has 1 saturated heterocycles. The minimum Gasteiger partial charge on any atom is -0.497 e. The fourth-order valence-corrected chi connectivity index (χ4v) is 2.18. The molecule has 1 aromatic heterocycles. The first-order valence-corrected chi connectivity index (χ1v) is 6.38. The van der Waals surface area contributed by atoms with Gasteiger partial charge in [0.2, 0.25) is 0 Å². The number of hydrogen-bond donors (Lipinski definition) is 2. The summed E-state index contributed by atoms with van der Waals surface area (Å²) in [6.07, 6.45) is 1.84. The number of morpholine rings is 1. The van der Waals surface area contributed by atoms with E-state index >= 15 is 0 Å². The lowest BCUT2D eigenvalue weighted by Gasteiger charge is -2.21. The van der Waals surface area contributed by atoms with E-state index in [4.69, 9.17) is 9.47 Å². The number of nitrogens with zero attached hydrogens (tertiary/aromatic N) is 1. The molecule has 2 aromatic rings. The van der Waals surface area contributed by atoms with Crippen LogP contribution in [0.2, 0.25) is 0 Å². The Morgan fingerprint density at radius 1 is 1.42 bits per heavy atom. The smallest absolute Gasteiger partial charge is 0.137 e. The predicted molar refractivity (Wildman–Crippen MR) is 72.1 cm³/mol. The van der Waals surface area contributed by atoms with E-state index < -0.39 is 0 Å². The molecule has 0 bridgehead atoms. The van der Waals surface area contributed by atoms with Crippen LogP contribution >= 0.6 is 0 Å². The predicted octanol–water partition coefficient (Wildman–Crippen LogP) is 1.75. The van der Waals surface area contributed by atoms with Crippen LogP contribution in [0.15, 0.2) is 30.5 Å². The number of aromatic nitrogens is 2. The van der Waals surface area contributed by atoms with Crippen molar-refractivity contribution in [3.05, 3.63) is 36.3 Å². The normalized spacial score (nSPS) is 19.3. The molecule has 0 spiro atoms. The third-order valence-corrected chi connectivity index (χ3v) is 3.21. The monoisotopic (exact) mass is 259 g/mol. The molecule has 2 N–H and O–H groups in total. The van der Waals surface area contributed by atoms with Crippen LogP contribution in [-0.2, 0) is 4.74 Å². The van der Waals surface area contributed by atoms with E-state index in [1.54, 1.807) is 7.11 Å². The Morgan fingerprint density at radius 2 is 2.37 bits per heavy atom. The molecular formula is C14H17N3O2. The van der Waals surface area contributed by atoms with E-state index in [-0.39, 0.29) is 6.10 Å². The van der Waals surface area contributed by atoms with Gasteiger partial charge in [0, 0.05) is 18.7 Å². The van der Waals surface area contributed by atoms with Gasteiger partial charge < -0.3 is 19.8 Å². The van der Waals surface area contributed by atoms with Gasteiger partial charge in [0.15, 0.2) is 0 Å². The second-order valence-corrected chi connectivity index (χ2v) is 4.48. The zero-order valence-corrected chi connectivity index (χ0v) is 10.8. The summed E-state index contributed by atoms with van der Waals surface area (Å²) < 4.78 is 10.9. The van der Waals surface area contributed by atoms with Crippen LogP contribution in [0.1, 0.15) is 11.9 Å². The van der Waals surface area contributed by atoms with Gasteiger partial charge in [-0.1, -0.05) is 12.1 Å². The summed E-state index contributed by atoms with van der Waals surface area (Å²) in [6, 6.07) is 7.90. The summed E-state index contributed by atoms with van der Waals surface area (Å²) in [4.78, 5) is 7.73. The highest BCUT2D eigenvalue weighted by molar-refractivity contribution is 5.60. The minimum atomic E-state index is 0.00751. The van der Waals surface area contributed by atoms with Crippen LogP contribution in [0.25, 0.3) is 11.3 Å². The molecule has 100 valence electrons. The van der Waals surface area contributed by atoms with Crippen molar-refractivity contribution in [1.82, 2.24) is 15.3 Å². The molecule has 1 aliphatic heterocycles. The molecule has 5 heteroatoms. The van der Waals surface area contributed by atoms with Crippen LogP contribution in [0.4, 0.5) is 0 Å². The van der Waals surface area contributed by atoms with Gasteiger partial charge in [0.1, 0.15) is 17.7 Å². The summed E-state index contributed by atoms with van der Waals surface area (Å²) in [7, 11) is 1.67. The molecule has 1 aromatic carbocycles. The SMILES string of the molecule is COc1cccc(-c2cnc(C3CNCCO3)[nH]2)c1. The maximum atomic E-state index is 5.68. The third-order valence-electron chi connectivity index (χ3n) is 3.21. The lowest BCUT2D eigenvalue weighted by atomic mass is 10.1. The van der Waals surface area contributed by atoms with Crippen LogP contribution in [0.5, 0.6) is 5.75 Å². The van der Waals surface area contributed by atoms with E-state index in [2.05, 4.69) is 15.3 Å². The average Bonchev–Trinajstić information content (AvgIpc) is 2.98. The molecule has 0 radical (unpaired) electrons. The van der Waals surface area contributed by atoms with Crippen LogP contribution in [0.3, 0.4) is 0 Å². The van der Waals surface area contributed by atoms with Crippen molar-refractivity contribution < 1.29 is 9.47 Å². The number of aromatic amines is 1. The van der Waals surface area contributed by atoms with Crippen molar-refractivity contribution in [1.29, 1.82) is 0 Å². The largest absolute Gasteiger partial charge is 0.497 e. The highest BCUT2D eigenvalue weighted by Crippen LogP contribution is 2.24. The highest BCUT2D eigenvalue weighted by atomic mass is 16.5. The minimum absolute atomic E-state index is 0.00751. The lowest BCUT2D eigenvalue weighted by Crippen LogP contribution is -2.33. The van der Waals surface area contributed by atoms with Gasteiger partial charge in [-0.15, -0.1) is 0 Å². The molecule has 1 unspecified atom stereocenters. The number of H-pyrrole nitrogens is 1. The van der Waals surface area contributed by atoms with Gasteiger partial charge in [-0.25, -0.2) is 4.98 Å². The molecule has 2 heterocycles. The van der Waals surface area contributed by atoms with Gasteiger partial charge >= 0.3 is 0 Å². The summed E-state index contributed by atoms with van der Waals surface area (Å²) in [6.45, 7) is 2.42. The number of hydrogen-bond acceptors (Lipinski definition) is 4. The standard InChI is InChI=1S/C14H17N3O2/c1-18-11-4-2-3-10(7-11)12-8-16-14(17-12)13-9-15-5-6-19-13/h2-4,7-8,13,15H,5-6,9H2,1H3,(H,16,17). The van der Waals surface area contributed by atoms with Crippen LogP contribution < -0.4 is 10.1 Å². The molecule has 0 saturated carbocycles. The number of ether oxygens (including phenoxy) is 2. The number of rotatable bonds is 3. The van der Waals surface area contributed by atoms with Gasteiger partial charge in [-0.3, -0.25) is 0 Å². The summed E-state index contributed by atoms with van der Waals surface area (Å²) >= 11 is 0. The molecule has 0 aliphatic carbocycles. The molecule has 19 heavy (non-hydrogen) atoms. The fraction of sp³-hybridized carbons (Fsp3) is 0.357. The van der Waals surface area contributed by atoms with E-state index in [0.29, 0.717) is 0 Å². The Labute approximate surface area is 112 Å². The molecule has 1 fully saturated rings. The zero-order valence-electron chi connectivity index (χ0n) is 10.8. The molecule has 1 aliphatic rings. The highest BCUT2D eigenvalue weighted by Gasteiger charge is 2.18. The first-order valence-electron chi connectivity index (χ1n) is 6.38. The molecule has 3 rings (SSSR count). The molecule has 1 atom stereocenters. The number of nitrogens with one attached hydrogen (secondary N) is 2. The number of imidazole rings is 1. The van der Waals surface area contributed by atoms with E-state index in [1.165, 1.54) is 0 Å². The number of benzene rings is 1. The van der Waals surface area contributed by atoms with Gasteiger partial charge in [0.25, 0.3) is 0 Å². The summed E-state index contributed by atoms with van der Waals surface area (Å²) in [5, 5.41) is 3.30. The van der Waals surface area contributed by atoms with Gasteiger partial charge in [-0.2, -0.15) is 0 Å². The van der Waals surface area contributed by atoms with Crippen molar-refractivity contribution >= 4 is 0 Å². The van der Waals surface area contributed by atoms with Crippen LogP contribution in [-0.4, -0.2) is 36.8 Å². The van der Waals surface area contributed by atoms with Crippen molar-refractivity contribution in [3.8, 4) is 17.0 Å². The van der Waals surface area contributed by atoms with E-state index in [9.17, 15) is 0 Å². The van der Waals surface area contributed by atoms with Gasteiger partial charge in [0.05, 0.1) is 25.6 Å². The number of methoxy groups -OCH3 is 1. The quantitative estimate of drug-likeness (QED) is 0.881. The first kappa shape index (κ1) is 12.2. The van der Waals surface area contributed by atoms with E-state index in [0.717, 1.165) is 42.5 Å². The van der Waals surface area contributed by atoms with Crippen LogP contribution in [0, 0.1) is 0 Å². The Balaban J connectivity index is 1.83. The summed E-state index contributed by atoms with van der Waals surface area (Å²) in [5.41, 5.74) is 2.03. The van der Waals surface area contributed by atoms with Crippen molar-refractivity contribution in [2.24, 2.45) is 0 Å². The zero-order chi connectivity index (χ0) is 13.1. The van der Waals surface area contributed by atoms with Crippen molar-refractivity contribution in [2.75, 3.05) is 26.8 Å². The topological polar surface area (TPSA) is 59.2 Å². The van der Waals surface area contributed by atoms with Crippen molar-refractivity contribution in [2.45, 2.75) is 6.10 Å². The summed E-state index contributed by atoms with van der Waals surface area (Å²) in [5.74, 6) is 1.70. The Kier molecular flexibility index (Phi) is 3.48. The van der Waals surface area contributed by atoms with Gasteiger partial charge in [-0.05, 0) is 12.1 Å². The maximum Gasteiger partial charge on any atom is 0.137 e. The molecule has 0 amide bonds. The first-order chi connectivity index (χ1) is 9.36. The molecular weight excluding hydrogens is 242 g/mol. The third kappa shape index (κ3) is 2.62. The Bertz CT molecular complexity index is 547. The maximum absolute atomic E-state index is 5.68. The molecule has 5 nitrogen and oxygen atoms in total. The van der Waals surface area contributed by atoms with Crippen molar-refractivity contribution in [3.63, 3.8) is 0 Å². The lowest BCUT2D eigenvalue weighted by molar-refractivity contribution is 0.0227. The van der Waals surface area contributed by atoms with E-state index in [1.807, 2.05) is 30.5 Å². The Hall–Kier alpha value is -1.85.